The van der Waals surface area contributed by atoms with Crippen molar-refractivity contribution < 1.29 is 14.7 Å². The zero-order chi connectivity index (χ0) is 16.2. The molecule has 1 rings (SSSR count). The molecule has 0 radical (unpaired) electrons. The van der Waals surface area contributed by atoms with E-state index in [1.807, 2.05) is 0 Å². The molecule has 0 saturated carbocycles. The maximum Gasteiger partial charge on any atom is 0.326 e. The first-order valence-electron chi connectivity index (χ1n) is 6.47. The van der Waals surface area contributed by atoms with E-state index in [1.165, 1.54) is 0 Å². The van der Waals surface area contributed by atoms with Crippen molar-refractivity contribution in [3.63, 3.8) is 0 Å². The van der Waals surface area contributed by atoms with Gasteiger partial charge in [-0.25, -0.2) is 9.59 Å². The van der Waals surface area contributed by atoms with Gasteiger partial charge < -0.3 is 15.7 Å². The van der Waals surface area contributed by atoms with Gasteiger partial charge in [-0.2, -0.15) is 0 Å². The molecule has 2 amide bonds. The Morgan fingerprint density at radius 1 is 1.14 bits per heavy atom. The number of halogens is 2. The summed E-state index contributed by atoms with van der Waals surface area (Å²) in [7, 11) is 0. The second-order valence-corrected chi connectivity index (χ2v) is 5.91. The van der Waals surface area contributed by atoms with Gasteiger partial charge in [-0.05, 0) is 30.5 Å². The van der Waals surface area contributed by atoms with Crippen molar-refractivity contribution in [3.8, 4) is 0 Å². The van der Waals surface area contributed by atoms with Gasteiger partial charge in [-0.3, -0.25) is 0 Å². The normalized spacial score (nSPS) is 13.6. The summed E-state index contributed by atoms with van der Waals surface area (Å²) in [6, 6.07) is 3.09. The summed E-state index contributed by atoms with van der Waals surface area (Å²) in [6.07, 6.45) is 0. The third kappa shape index (κ3) is 5.10. The van der Waals surface area contributed by atoms with Gasteiger partial charge >= 0.3 is 12.0 Å². The third-order valence-corrected chi connectivity index (χ3v) is 3.56. The lowest BCUT2D eigenvalue weighted by Gasteiger charge is -2.21. The predicted octanol–water partition coefficient (Wildman–Crippen LogP) is 3.46. The molecule has 0 spiro atoms. The Labute approximate surface area is 133 Å². The number of aliphatic carboxylic acids is 1. The minimum absolute atomic E-state index is 0.220. The largest absolute Gasteiger partial charge is 0.480 e. The summed E-state index contributed by atoms with van der Waals surface area (Å²) < 4.78 is 0. The van der Waals surface area contributed by atoms with Gasteiger partial charge in [0, 0.05) is 10.0 Å². The van der Waals surface area contributed by atoms with Crippen LogP contribution in [0.3, 0.4) is 0 Å². The van der Waals surface area contributed by atoms with Gasteiger partial charge in [0.25, 0.3) is 0 Å². The fourth-order valence-electron chi connectivity index (χ4n) is 1.82. The average Bonchev–Trinajstić information content (AvgIpc) is 2.34. The highest BCUT2D eigenvalue weighted by molar-refractivity contribution is 6.35. The molecule has 1 aromatic carbocycles. The van der Waals surface area contributed by atoms with Crippen LogP contribution in [0.15, 0.2) is 18.2 Å². The maximum atomic E-state index is 11.9. The smallest absolute Gasteiger partial charge is 0.326 e. The van der Waals surface area contributed by atoms with Crippen molar-refractivity contribution >= 4 is 35.2 Å². The van der Waals surface area contributed by atoms with Crippen molar-refractivity contribution in [1.82, 2.24) is 10.6 Å². The van der Waals surface area contributed by atoms with E-state index in [0.717, 1.165) is 0 Å². The zero-order valence-electron chi connectivity index (χ0n) is 12.0. The fraction of sp³-hybridized carbons (Fsp3) is 0.429. The number of carboxylic acids is 1. The van der Waals surface area contributed by atoms with Crippen LogP contribution < -0.4 is 10.6 Å². The molecule has 5 nitrogen and oxygen atoms in total. The minimum atomic E-state index is -1.07. The van der Waals surface area contributed by atoms with Crippen molar-refractivity contribution in [2.24, 2.45) is 5.92 Å². The second-order valence-electron chi connectivity index (χ2n) is 5.07. The molecule has 0 aliphatic rings. The molecule has 116 valence electrons. The topological polar surface area (TPSA) is 78.4 Å². The Kier molecular flexibility index (Phi) is 6.30. The number of benzene rings is 1. The molecule has 21 heavy (non-hydrogen) atoms. The van der Waals surface area contributed by atoms with Crippen LogP contribution >= 0.6 is 23.2 Å². The van der Waals surface area contributed by atoms with Gasteiger partial charge in [0.05, 0.1) is 6.04 Å². The van der Waals surface area contributed by atoms with Crippen LogP contribution in [0, 0.1) is 5.92 Å². The molecule has 2 atom stereocenters. The van der Waals surface area contributed by atoms with Crippen LogP contribution in [0.1, 0.15) is 32.4 Å². The molecule has 0 heterocycles. The highest BCUT2D eigenvalue weighted by Gasteiger charge is 2.24. The molecule has 3 N–H and O–H groups in total. The standard InChI is InChI=1S/C14H18Cl2N2O3/c1-7(2)12(13(19)20)18-14(21)17-8(3)10-5-4-9(15)6-11(10)16/h4-8,12H,1-3H3,(H,19,20)(H2,17,18,21)/t8?,12-/m0/s1. The third-order valence-electron chi connectivity index (χ3n) is 3.00. The first-order chi connectivity index (χ1) is 9.72. The van der Waals surface area contributed by atoms with E-state index >= 15 is 0 Å². The molecule has 0 aliphatic carbocycles. The van der Waals surface area contributed by atoms with E-state index in [4.69, 9.17) is 28.3 Å². The summed E-state index contributed by atoms with van der Waals surface area (Å²) in [5.41, 5.74) is 0.702. The number of carbonyl (C=O) groups excluding carboxylic acids is 1. The van der Waals surface area contributed by atoms with E-state index in [2.05, 4.69) is 10.6 Å². The fourth-order valence-corrected chi connectivity index (χ4v) is 2.40. The highest BCUT2D eigenvalue weighted by atomic mass is 35.5. The lowest BCUT2D eigenvalue weighted by atomic mass is 10.1. The number of urea groups is 1. The quantitative estimate of drug-likeness (QED) is 0.772. The second kappa shape index (κ2) is 7.52. The van der Waals surface area contributed by atoms with Crippen LogP contribution in [0.5, 0.6) is 0 Å². The molecular weight excluding hydrogens is 315 g/mol. The number of nitrogens with one attached hydrogen (secondary N) is 2. The van der Waals surface area contributed by atoms with E-state index in [0.29, 0.717) is 15.6 Å². The van der Waals surface area contributed by atoms with Crippen molar-refractivity contribution in [1.29, 1.82) is 0 Å². The Morgan fingerprint density at radius 2 is 1.76 bits per heavy atom. The Hall–Kier alpha value is -1.46. The molecule has 0 aromatic heterocycles. The highest BCUT2D eigenvalue weighted by Crippen LogP contribution is 2.25. The van der Waals surface area contributed by atoms with Crippen LogP contribution in [-0.4, -0.2) is 23.1 Å². The molecular formula is C14H18Cl2N2O3. The minimum Gasteiger partial charge on any atom is -0.480 e. The van der Waals surface area contributed by atoms with Crippen molar-refractivity contribution in [3.05, 3.63) is 33.8 Å². The van der Waals surface area contributed by atoms with Gasteiger partial charge in [0.1, 0.15) is 6.04 Å². The number of carboxylic acid groups (broad SMARTS) is 1. The number of rotatable bonds is 5. The van der Waals surface area contributed by atoms with E-state index < -0.39 is 18.0 Å². The number of amides is 2. The van der Waals surface area contributed by atoms with Crippen LogP contribution in [0.4, 0.5) is 4.79 Å². The summed E-state index contributed by atoms with van der Waals surface area (Å²) in [6.45, 7) is 5.19. The lowest BCUT2D eigenvalue weighted by molar-refractivity contribution is -0.140. The SMILES string of the molecule is CC(NC(=O)N[C@H](C(=O)O)C(C)C)c1ccc(Cl)cc1Cl. The van der Waals surface area contributed by atoms with E-state index in [1.54, 1.807) is 39.0 Å². The number of hydrogen-bond donors (Lipinski definition) is 3. The summed E-state index contributed by atoms with van der Waals surface area (Å²) in [5.74, 6) is -1.29. The molecule has 1 aromatic rings. The average molecular weight is 333 g/mol. The van der Waals surface area contributed by atoms with E-state index in [9.17, 15) is 9.59 Å². The van der Waals surface area contributed by atoms with Gasteiger partial charge in [0.15, 0.2) is 0 Å². The Bertz CT molecular complexity index is 535. The summed E-state index contributed by atoms with van der Waals surface area (Å²) >= 11 is 11.9. The molecule has 0 bridgehead atoms. The van der Waals surface area contributed by atoms with Crippen molar-refractivity contribution in [2.75, 3.05) is 0 Å². The maximum absolute atomic E-state index is 11.9. The molecule has 0 aliphatic heterocycles. The molecule has 0 fully saturated rings. The van der Waals surface area contributed by atoms with E-state index in [-0.39, 0.29) is 12.0 Å². The molecule has 0 saturated heterocycles. The Balaban J connectivity index is 2.71. The first-order valence-corrected chi connectivity index (χ1v) is 7.22. The lowest BCUT2D eigenvalue weighted by Crippen LogP contribution is -2.49. The monoisotopic (exact) mass is 332 g/mol. The summed E-state index contributed by atoms with van der Waals surface area (Å²) in [4.78, 5) is 22.9. The van der Waals surface area contributed by atoms with Gasteiger partial charge in [-0.15, -0.1) is 0 Å². The number of carbonyl (C=O) groups is 2. The van der Waals surface area contributed by atoms with Crippen molar-refractivity contribution in [2.45, 2.75) is 32.9 Å². The van der Waals surface area contributed by atoms with Crippen LogP contribution in [-0.2, 0) is 4.79 Å². The van der Waals surface area contributed by atoms with Crippen LogP contribution in [0.2, 0.25) is 10.0 Å². The van der Waals surface area contributed by atoms with Gasteiger partial charge in [0.2, 0.25) is 0 Å². The predicted molar refractivity (Wildman–Crippen MR) is 82.8 cm³/mol. The molecule has 1 unspecified atom stereocenters. The summed E-state index contributed by atoms with van der Waals surface area (Å²) in [5, 5.41) is 15.1. The van der Waals surface area contributed by atoms with Crippen LogP contribution in [0.25, 0.3) is 0 Å². The zero-order valence-corrected chi connectivity index (χ0v) is 13.5. The molecule has 7 heteroatoms. The Morgan fingerprint density at radius 3 is 2.24 bits per heavy atom. The first kappa shape index (κ1) is 17.6. The van der Waals surface area contributed by atoms with Gasteiger partial charge in [-0.1, -0.05) is 43.1 Å². The number of hydrogen-bond acceptors (Lipinski definition) is 2.